The van der Waals surface area contributed by atoms with Crippen LogP contribution in [-0.2, 0) is 14.1 Å². The number of hydrogen-bond donors (Lipinski definition) is 0. The number of hydrogen-bond acceptors (Lipinski definition) is 5. The van der Waals surface area contributed by atoms with E-state index in [1.54, 1.807) is 0 Å². The van der Waals surface area contributed by atoms with Crippen molar-refractivity contribution in [2.75, 3.05) is 0 Å². The van der Waals surface area contributed by atoms with E-state index in [1.165, 1.54) is 164 Å². The minimum Gasteiger partial charge on any atom is -0.456 e. The van der Waals surface area contributed by atoms with Crippen molar-refractivity contribution in [1.29, 1.82) is 0 Å². The van der Waals surface area contributed by atoms with Gasteiger partial charge in [0.05, 0.1) is 5.52 Å². The molecule has 7 heteroatoms. The largest absolute Gasteiger partial charge is 0.456 e. The predicted octanol–water partition coefficient (Wildman–Crippen LogP) is 28.3. The van der Waals surface area contributed by atoms with E-state index < -0.39 is 0 Å². The van der Waals surface area contributed by atoms with Crippen molar-refractivity contribution in [3.05, 3.63) is 334 Å². The third-order valence-corrected chi connectivity index (χ3v) is 20.7. The van der Waals surface area contributed by atoms with Crippen LogP contribution in [0.25, 0.3) is 153 Å². The maximum atomic E-state index is 5.81. The van der Waals surface area contributed by atoms with Crippen molar-refractivity contribution in [2.45, 2.75) is 83.1 Å². The molecule has 0 N–H and O–H groups in total. The second kappa shape index (κ2) is 28.5. The van der Waals surface area contributed by atoms with Crippen molar-refractivity contribution in [3.63, 3.8) is 0 Å². The molecule has 7 heterocycles. The molecular formula is C98H86N2O5. The molecule has 0 bridgehead atoms. The van der Waals surface area contributed by atoms with Crippen LogP contribution in [0.3, 0.4) is 0 Å². The van der Waals surface area contributed by atoms with Gasteiger partial charge in [-0.3, -0.25) is 0 Å². The first-order valence-electron chi connectivity index (χ1n) is 36.1. The zero-order valence-electron chi connectivity index (χ0n) is 62.3. The second-order valence-corrected chi connectivity index (χ2v) is 28.3. The highest BCUT2D eigenvalue weighted by atomic mass is 16.3. The van der Waals surface area contributed by atoms with Crippen LogP contribution in [0.1, 0.15) is 66.8 Å². The SMILES string of the molecule is Cc1cc(C)c2c(c1)oc1ccccc12.Cc1ccc2c3ccccc3n(C)c2c1.Cc1ccc2oc3ccc(C)cc3c2c1.Cc1ccc2oc3cccc(C)c3c2c1.Cc1ccc2oc3ccccc3c2c1C.Cc1cccc2c3ccccc3n(C)c12.Cc1cccc2oc3cccc(C)c3c12. The molecular weight excluding hydrogens is 1290 g/mol. The van der Waals surface area contributed by atoms with Crippen molar-refractivity contribution >= 4 is 153 Å². The van der Waals surface area contributed by atoms with Crippen molar-refractivity contribution < 1.29 is 22.1 Å². The highest BCUT2D eigenvalue weighted by Crippen LogP contribution is 2.38. The number of aromatic nitrogens is 2. The first kappa shape index (κ1) is 68.4. The van der Waals surface area contributed by atoms with E-state index in [-0.39, 0.29) is 0 Å². The molecule has 0 atom stereocenters. The van der Waals surface area contributed by atoms with Crippen LogP contribution in [0.5, 0.6) is 0 Å². The Kier molecular flexibility index (Phi) is 18.6. The Hall–Kier alpha value is -12.3. The van der Waals surface area contributed by atoms with Gasteiger partial charge in [-0.05, 0) is 230 Å². The fraction of sp³-hybridized carbons (Fsp3) is 0.143. The molecule has 0 saturated carbocycles. The minimum absolute atomic E-state index is 0.973. The summed E-state index contributed by atoms with van der Waals surface area (Å²) in [6.07, 6.45) is 0. The molecule has 105 heavy (non-hydrogen) atoms. The Morgan fingerprint density at radius 1 is 0.190 bits per heavy atom. The Balaban J connectivity index is 0.0000000983. The van der Waals surface area contributed by atoms with Gasteiger partial charge < -0.3 is 31.2 Å². The van der Waals surface area contributed by atoms with Crippen molar-refractivity contribution in [2.24, 2.45) is 14.1 Å². The first-order chi connectivity index (χ1) is 50.8. The molecule has 0 aliphatic carbocycles. The van der Waals surface area contributed by atoms with Gasteiger partial charge in [0.1, 0.15) is 55.8 Å². The van der Waals surface area contributed by atoms with Gasteiger partial charge in [-0.2, -0.15) is 0 Å². The smallest absolute Gasteiger partial charge is 0.135 e. The van der Waals surface area contributed by atoms with Gasteiger partial charge in [-0.15, -0.1) is 0 Å². The molecule has 0 fully saturated rings. The van der Waals surface area contributed by atoms with Gasteiger partial charge in [0.15, 0.2) is 0 Å². The number of fused-ring (bicyclic) bond motifs is 21. The fourth-order valence-electron chi connectivity index (χ4n) is 15.4. The summed E-state index contributed by atoms with van der Waals surface area (Å²) in [5.41, 5.74) is 30.5. The second-order valence-electron chi connectivity index (χ2n) is 28.3. The number of furan rings is 5. The van der Waals surface area contributed by atoms with Crippen molar-refractivity contribution in [1.82, 2.24) is 9.13 Å². The monoisotopic (exact) mass is 1370 g/mol. The number of aryl methyl sites for hydroxylation is 14. The van der Waals surface area contributed by atoms with Crippen LogP contribution in [-0.4, -0.2) is 9.13 Å². The summed E-state index contributed by atoms with van der Waals surface area (Å²) in [4.78, 5) is 0. The zero-order valence-corrected chi connectivity index (χ0v) is 62.3. The number of benzene rings is 14. The van der Waals surface area contributed by atoms with E-state index in [4.69, 9.17) is 22.1 Å². The summed E-state index contributed by atoms with van der Waals surface area (Å²) in [7, 11) is 4.27. The highest BCUT2D eigenvalue weighted by Gasteiger charge is 2.15. The van der Waals surface area contributed by atoms with Gasteiger partial charge in [-0.1, -0.05) is 187 Å². The average molecular weight is 1370 g/mol. The van der Waals surface area contributed by atoms with E-state index in [0.717, 1.165) is 55.8 Å². The summed E-state index contributed by atoms with van der Waals surface area (Å²) in [5.74, 6) is 0. The van der Waals surface area contributed by atoms with E-state index in [9.17, 15) is 0 Å². The third kappa shape index (κ3) is 13.2. The molecule has 21 rings (SSSR count). The molecule has 0 saturated heterocycles. The molecule has 0 amide bonds. The van der Waals surface area contributed by atoms with Crippen LogP contribution in [0.2, 0.25) is 0 Å². The maximum absolute atomic E-state index is 5.81. The summed E-state index contributed by atoms with van der Waals surface area (Å²) in [6.45, 7) is 25.5. The van der Waals surface area contributed by atoms with Gasteiger partial charge in [0.2, 0.25) is 0 Å². The highest BCUT2D eigenvalue weighted by molar-refractivity contribution is 6.13. The first-order valence-corrected chi connectivity index (χ1v) is 36.1. The van der Waals surface area contributed by atoms with Crippen molar-refractivity contribution in [3.8, 4) is 0 Å². The number of para-hydroxylation sites is 5. The molecule has 0 aliphatic heterocycles. The van der Waals surface area contributed by atoms with Crippen LogP contribution in [0, 0.1) is 83.1 Å². The van der Waals surface area contributed by atoms with Gasteiger partial charge in [0.25, 0.3) is 0 Å². The summed E-state index contributed by atoms with van der Waals surface area (Å²) in [5, 5.41) is 17.7. The molecule has 0 aliphatic rings. The lowest BCUT2D eigenvalue weighted by Crippen LogP contribution is -1.88. The molecule has 0 spiro atoms. The standard InChI is InChI=1S/2C14H13N.5C14H12O/c1-10-6-5-8-12-11-7-3-4-9-13(11)15(2)14(10)12;1-10-7-8-12-11-5-3-4-6-13(11)15(2)14(12)9-10;1-9-3-5-13-11(7-9)12-8-10(2)4-6-14(12)15-13;1-9-5-3-7-11-13(9)14-10(2)6-4-8-12(14)15-11;1-9-6-7-12-11(8-9)14-10(2)4-3-5-13(14)15-12;1-9-7-10(2)14-11-5-3-4-6-12(11)15-13(14)8-9;1-9-7-8-13-14(10(9)2)11-5-3-4-6-12(11)15-13/h2*3-9H,1-2H3;5*3-8H,1-2H3. The quantitative estimate of drug-likeness (QED) is 0.151. The van der Waals surface area contributed by atoms with E-state index in [1.807, 2.05) is 78.9 Å². The predicted molar refractivity (Wildman–Crippen MR) is 446 cm³/mol. The third-order valence-electron chi connectivity index (χ3n) is 20.7. The van der Waals surface area contributed by atoms with E-state index in [2.05, 4.69) is 294 Å². The topological polar surface area (TPSA) is 75.6 Å². The molecule has 0 radical (unpaired) electrons. The summed E-state index contributed by atoms with van der Waals surface area (Å²) >= 11 is 0. The van der Waals surface area contributed by atoms with E-state index >= 15 is 0 Å². The maximum Gasteiger partial charge on any atom is 0.135 e. The Morgan fingerprint density at radius 2 is 0.552 bits per heavy atom. The molecule has 14 aromatic carbocycles. The van der Waals surface area contributed by atoms with Crippen LogP contribution < -0.4 is 0 Å². The minimum atomic E-state index is 0.973. The van der Waals surface area contributed by atoms with Crippen LogP contribution in [0.15, 0.2) is 289 Å². The lowest BCUT2D eigenvalue weighted by molar-refractivity contribution is 0.668. The van der Waals surface area contributed by atoms with Crippen LogP contribution in [0.4, 0.5) is 0 Å². The molecule has 21 aromatic rings. The normalized spacial score (nSPS) is 11.3. The molecule has 7 nitrogen and oxygen atoms in total. The zero-order chi connectivity index (χ0) is 72.9. The number of rotatable bonds is 0. The molecule has 7 aromatic heterocycles. The molecule has 0 unspecified atom stereocenters. The Labute approximate surface area is 611 Å². The Morgan fingerprint density at radius 3 is 1.14 bits per heavy atom. The van der Waals surface area contributed by atoms with Gasteiger partial charge >= 0.3 is 0 Å². The van der Waals surface area contributed by atoms with Crippen LogP contribution >= 0.6 is 0 Å². The lowest BCUT2D eigenvalue weighted by Gasteiger charge is -2.00. The van der Waals surface area contributed by atoms with Gasteiger partial charge in [0, 0.05) is 106 Å². The van der Waals surface area contributed by atoms with Gasteiger partial charge in [-0.25, -0.2) is 0 Å². The van der Waals surface area contributed by atoms with E-state index in [0.29, 0.717) is 0 Å². The lowest BCUT2D eigenvalue weighted by atomic mass is 10.0. The summed E-state index contributed by atoms with van der Waals surface area (Å²) < 4.78 is 33.5. The number of nitrogens with zero attached hydrogens (tertiary/aromatic N) is 2. The molecule has 518 valence electrons. The Bertz CT molecular complexity index is 6710. The fourth-order valence-corrected chi connectivity index (χ4v) is 15.4. The average Bonchev–Trinajstić information content (AvgIpc) is 1.62. The summed E-state index contributed by atoms with van der Waals surface area (Å²) in [6, 6.07) is 92.6.